The Bertz CT molecular complexity index is 918. The molecule has 1 saturated heterocycles. The van der Waals surface area contributed by atoms with Crippen molar-refractivity contribution in [2.24, 2.45) is 0 Å². The van der Waals surface area contributed by atoms with E-state index in [1.54, 1.807) is 25.3 Å². The Labute approximate surface area is 157 Å². The molecule has 6 heteroatoms. The van der Waals surface area contributed by atoms with E-state index in [2.05, 4.69) is 16.5 Å². The predicted molar refractivity (Wildman–Crippen MR) is 101 cm³/mol. The van der Waals surface area contributed by atoms with Crippen molar-refractivity contribution >= 4 is 0 Å². The number of ether oxygens (including phenoxy) is 2. The van der Waals surface area contributed by atoms with Crippen LogP contribution in [0, 0.1) is 0 Å². The fourth-order valence-corrected chi connectivity index (χ4v) is 3.22. The zero-order valence-electron chi connectivity index (χ0n) is 15.1. The Balaban J connectivity index is 1.44. The molecule has 2 N–H and O–H groups in total. The smallest absolute Gasteiger partial charge is 0.167 e. The zero-order valence-corrected chi connectivity index (χ0v) is 15.1. The second-order valence-corrected chi connectivity index (χ2v) is 6.89. The van der Waals surface area contributed by atoms with E-state index in [0.717, 1.165) is 29.1 Å². The van der Waals surface area contributed by atoms with Gasteiger partial charge in [-0.3, -0.25) is 0 Å². The second kappa shape index (κ2) is 7.42. The number of phenolic OH excluding ortho intramolecular Hbond substituents is 1. The van der Waals surface area contributed by atoms with Crippen LogP contribution in [0.4, 0.5) is 0 Å². The van der Waals surface area contributed by atoms with Gasteiger partial charge in [0.05, 0.1) is 31.6 Å². The van der Waals surface area contributed by atoms with E-state index < -0.39 is 0 Å². The fraction of sp³-hybridized carbons (Fsp3) is 0.286. The average Bonchev–Trinajstić information content (AvgIpc) is 3.12. The minimum absolute atomic E-state index is 0.157. The summed E-state index contributed by atoms with van der Waals surface area (Å²) in [6.45, 7) is 1.98. The van der Waals surface area contributed by atoms with E-state index >= 15 is 0 Å². The van der Waals surface area contributed by atoms with E-state index in [-0.39, 0.29) is 11.3 Å². The molecule has 140 valence electrons. The van der Waals surface area contributed by atoms with Crippen LogP contribution in [0.1, 0.15) is 11.3 Å². The van der Waals surface area contributed by atoms with Crippen LogP contribution < -0.4 is 10.1 Å². The molecule has 2 heterocycles. The Kier molecular flexibility index (Phi) is 4.83. The maximum absolute atomic E-state index is 9.63. The lowest BCUT2D eigenvalue weighted by Gasteiger charge is -2.42. The van der Waals surface area contributed by atoms with Crippen LogP contribution in [0.25, 0.3) is 11.3 Å². The van der Waals surface area contributed by atoms with Gasteiger partial charge in [0.1, 0.15) is 11.5 Å². The standard InChI is InChI=1S/C21H22N2O4/c1-25-19-7-2-4-15(8-19)12-22-21(13-26-14-21)11-17-10-20(27-23-17)16-5-3-6-18(24)9-16/h2-10,22,24H,11-14H2,1H3. The van der Waals surface area contributed by atoms with E-state index in [1.807, 2.05) is 30.3 Å². The van der Waals surface area contributed by atoms with Crippen molar-refractivity contribution in [1.82, 2.24) is 10.5 Å². The van der Waals surface area contributed by atoms with Gasteiger partial charge in [-0.15, -0.1) is 0 Å². The molecule has 2 aromatic carbocycles. The molecule has 0 amide bonds. The number of aromatic nitrogens is 1. The van der Waals surface area contributed by atoms with Crippen molar-refractivity contribution in [3.05, 3.63) is 65.9 Å². The van der Waals surface area contributed by atoms with Crippen LogP contribution >= 0.6 is 0 Å². The van der Waals surface area contributed by atoms with Crippen LogP contribution in [0.5, 0.6) is 11.5 Å². The van der Waals surface area contributed by atoms with Gasteiger partial charge in [-0.2, -0.15) is 0 Å². The molecule has 1 aromatic heterocycles. The molecule has 0 spiro atoms. The van der Waals surface area contributed by atoms with Crippen molar-refractivity contribution < 1.29 is 19.1 Å². The molecule has 6 nitrogen and oxygen atoms in total. The third kappa shape index (κ3) is 3.97. The first-order chi connectivity index (χ1) is 13.2. The number of methoxy groups -OCH3 is 1. The fourth-order valence-electron chi connectivity index (χ4n) is 3.22. The average molecular weight is 366 g/mol. The van der Waals surface area contributed by atoms with Gasteiger partial charge in [0.25, 0.3) is 0 Å². The SMILES string of the molecule is COc1cccc(CNC2(Cc3cc(-c4cccc(O)c4)on3)COC2)c1. The topological polar surface area (TPSA) is 76.8 Å². The largest absolute Gasteiger partial charge is 0.508 e. The summed E-state index contributed by atoms with van der Waals surface area (Å²) in [4.78, 5) is 0. The highest BCUT2D eigenvalue weighted by Crippen LogP contribution is 2.28. The van der Waals surface area contributed by atoms with Gasteiger partial charge >= 0.3 is 0 Å². The lowest BCUT2D eigenvalue weighted by Crippen LogP contribution is -2.61. The van der Waals surface area contributed by atoms with Crippen molar-refractivity contribution in [3.8, 4) is 22.8 Å². The van der Waals surface area contributed by atoms with Crippen LogP contribution in [0.2, 0.25) is 0 Å². The molecule has 1 fully saturated rings. The van der Waals surface area contributed by atoms with Crippen molar-refractivity contribution in [2.45, 2.75) is 18.5 Å². The third-order valence-corrected chi connectivity index (χ3v) is 4.77. The van der Waals surface area contributed by atoms with Crippen LogP contribution in [0.15, 0.2) is 59.1 Å². The molecule has 4 rings (SSSR count). The van der Waals surface area contributed by atoms with Gasteiger partial charge in [0, 0.05) is 24.6 Å². The van der Waals surface area contributed by atoms with E-state index in [0.29, 0.717) is 25.4 Å². The Morgan fingerprint density at radius 3 is 2.74 bits per heavy atom. The first-order valence-electron chi connectivity index (χ1n) is 8.87. The van der Waals surface area contributed by atoms with Gasteiger partial charge in [-0.25, -0.2) is 0 Å². The van der Waals surface area contributed by atoms with E-state index in [1.165, 1.54) is 0 Å². The quantitative estimate of drug-likeness (QED) is 0.669. The molecule has 27 heavy (non-hydrogen) atoms. The maximum atomic E-state index is 9.63. The van der Waals surface area contributed by atoms with Gasteiger partial charge in [0.15, 0.2) is 5.76 Å². The highest BCUT2D eigenvalue weighted by atomic mass is 16.5. The molecule has 1 aliphatic heterocycles. The van der Waals surface area contributed by atoms with Crippen molar-refractivity contribution in [2.75, 3.05) is 20.3 Å². The molecule has 1 aliphatic rings. The number of phenols is 1. The zero-order chi connectivity index (χ0) is 18.7. The molecule has 3 aromatic rings. The Morgan fingerprint density at radius 1 is 1.15 bits per heavy atom. The number of rotatable bonds is 7. The van der Waals surface area contributed by atoms with Crippen molar-refractivity contribution in [1.29, 1.82) is 0 Å². The van der Waals surface area contributed by atoms with Gasteiger partial charge in [-0.05, 0) is 29.8 Å². The molecule has 0 saturated carbocycles. The highest BCUT2D eigenvalue weighted by Gasteiger charge is 2.39. The van der Waals surface area contributed by atoms with Gasteiger partial charge < -0.3 is 24.4 Å². The molecular formula is C21H22N2O4. The minimum Gasteiger partial charge on any atom is -0.508 e. The summed E-state index contributed by atoms with van der Waals surface area (Å²) < 4.78 is 16.2. The van der Waals surface area contributed by atoms with Crippen molar-refractivity contribution in [3.63, 3.8) is 0 Å². The summed E-state index contributed by atoms with van der Waals surface area (Å²) >= 11 is 0. The summed E-state index contributed by atoms with van der Waals surface area (Å²) in [6, 6.07) is 16.9. The van der Waals surface area contributed by atoms with Gasteiger partial charge in [-0.1, -0.05) is 29.4 Å². The number of aromatic hydroxyl groups is 1. The predicted octanol–water partition coefficient (Wildman–Crippen LogP) is 3.16. The maximum Gasteiger partial charge on any atom is 0.167 e. The summed E-state index contributed by atoms with van der Waals surface area (Å²) in [5.74, 6) is 1.69. The minimum atomic E-state index is -0.157. The number of hydrogen-bond acceptors (Lipinski definition) is 6. The van der Waals surface area contributed by atoms with Gasteiger partial charge in [0.2, 0.25) is 0 Å². The Hall–Kier alpha value is -2.83. The first-order valence-corrected chi connectivity index (χ1v) is 8.87. The van der Waals surface area contributed by atoms with E-state index in [9.17, 15) is 5.11 Å². The monoisotopic (exact) mass is 366 g/mol. The Morgan fingerprint density at radius 2 is 2.00 bits per heavy atom. The summed E-state index contributed by atoms with van der Waals surface area (Å²) in [5.41, 5.74) is 2.66. The highest BCUT2D eigenvalue weighted by molar-refractivity contribution is 5.59. The summed E-state index contributed by atoms with van der Waals surface area (Å²) in [5, 5.41) is 17.4. The molecule has 0 unspecified atom stereocenters. The first kappa shape index (κ1) is 17.6. The number of hydrogen-bond donors (Lipinski definition) is 2. The lowest BCUT2D eigenvalue weighted by molar-refractivity contribution is -0.0755. The number of nitrogens with zero attached hydrogens (tertiary/aromatic N) is 1. The van der Waals surface area contributed by atoms with Crippen LogP contribution in [-0.2, 0) is 17.7 Å². The molecule has 0 radical (unpaired) electrons. The number of benzene rings is 2. The molecular weight excluding hydrogens is 344 g/mol. The summed E-state index contributed by atoms with van der Waals surface area (Å²) in [6.07, 6.45) is 0.708. The lowest BCUT2D eigenvalue weighted by atomic mass is 9.90. The second-order valence-electron chi connectivity index (χ2n) is 6.89. The van der Waals surface area contributed by atoms with Crippen LogP contribution in [-0.4, -0.2) is 36.1 Å². The molecule has 0 aliphatic carbocycles. The third-order valence-electron chi connectivity index (χ3n) is 4.77. The number of nitrogens with one attached hydrogen (secondary N) is 1. The van der Waals surface area contributed by atoms with E-state index in [4.69, 9.17) is 14.0 Å². The van der Waals surface area contributed by atoms with Crippen LogP contribution in [0.3, 0.4) is 0 Å². The summed E-state index contributed by atoms with van der Waals surface area (Å²) in [7, 11) is 1.67. The normalized spacial score (nSPS) is 15.3. The molecule has 0 bridgehead atoms. The molecule has 0 atom stereocenters.